The van der Waals surface area contributed by atoms with Gasteiger partial charge >= 0.3 is 0 Å². The lowest BCUT2D eigenvalue weighted by molar-refractivity contribution is 0.155. The molecule has 124 valence electrons. The van der Waals surface area contributed by atoms with Crippen molar-refractivity contribution in [1.82, 2.24) is 15.5 Å². The number of halogens is 1. The monoisotopic (exact) mass is 389 g/mol. The Labute approximate surface area is 147 Å². The van der Waals surface area contributed by atoms with Crippen LogP contribution in [0, 0.1) is 0 Å². The van der Waals surface area contributed by atoms with E-state index in [1.807, 2.05) is 12.1 Å². The lowest BCUT2D eigenvalue weighted by Gasteiger charge is -2.29. The lowest BCUT2D eigenvalue weighted by atomic mass is 9.92. The summed E-state index contributed by atoms with van der Waals surface area (Å²) in [4.78, 5) is 0. The third-order valence-electron chi connectivity index (χ3n) is 4.45. The maximum Gasteiger partial charge on any atom is 0.283 e. The minimum atomic E-state index is -0.459. The molecule has 7 heteroatoms. The molecule has 1 atom stereocenters. The second kappa shape index (κ2) is 6.16. The first kappa shape index (κ1) is 15.6. The highest BCUT2D eigenvalue weighted by atomic mass is 79.9. The van der Waals surface area contributed by atoms with Crippen LogP contribution in [0.1, 0.15) is 23.4 Å². The molecule has 0 radical (unpaired) electrons. The number of fused-ring (bicyclic) bond motifs is 1. The van der Waals surface area contributed by atoms with Crippen molar-refractivity contribution in [3.8, 4) is 11.7 Å². The maximum atomic E-state index is 9.98. The van der Waals surface area contributed by atoms with Crippen molar-refractivity contribution in [2.24, 2.45) is 0 Å². The molecule has 1 aromatic carbocycles. The minimum Gasteiger partial charge on any atom is -0.444 e. The summed E-state index contributed by atoms with van der Waals surface area (Å²) in [6.07, 6.45) is 1.79. The van der Waals surface area contributed by atoms with Gasteiger partial charge in [-0.15, -0.1) is 10.2 Å². The number of hydrogen-bond donors (Lipinski definition) is 2. The Morgan fingerprint density at radius 2 is 2.04 bits per heavy atom. The maximum absolute atomic E-state index is 9.98. The van der Waals surface area contributed by atoms with Gasteiger partial charge in [0.1, 0.15) is 0 Å². The predicted octanol–water partition coefficient (Wildman–Crippen LogP) is 3.02. The molecule has 0 aliphatic heterocycles. The first-order valence-corrected chi connectivity index (χ1v) is 8.52. The van der Waals surface area contributed by atoms with Crippen LogP contribution in [0.4, 0.5) is 0 Å². The van der Waals surface area contributed by atoms with Crippen LogP contribution in [0.3, 0.4) is 0 Å². The first-order valence-electron chi connectivity index (χ1n) is 7.72. The van der Waals surface area contributed by atoms with Crippen LogP contribution >= 0.6 is 15.9 Å². The Hall–Kier alpha value is -1.96. The fourth-order valence-corrected chi connectivity index (χ4v) is 3.50. The average molecular weight is 390 g/mol. The summed E-state index contributed by atoms with van der Waals surface area (Å²) in [5.41, 5.74) is 1.95. The number of furan rings is 1. The van der Waals surface area contributed by atoms with Crippen molar-refractivity contribution in [3.05, 3.63) is 58.1 Å². The van der Waals surface area contributed by atoms with Gasteiger partial charge in [-0.3, -0.25) is 5.32 Å². The molecule has 6 nitrogen and oxygen atoms in total. The molecule has 1 unspecified atom stereocenters. The Morgan fingerprint density at radius 3 is 2.83 bits per heavy atom. The molecular formula is C17H16BrN3O3. The number of nitrogens with one attached hydrogen (secondary N) is 1. The molecule has 2 aromatic heterocycles. The van der Waals surface area contributed by atoms with E-state index in [2.05, 4.69) is 43.6 Å². The fraction of sp³-hybridized carbons (Fsp3) is 0.294. The van der Waals surface area contributed by atoms with Crippen LogP contribution in [-0.2, 0) is 18.5 Å². The summed E-state index contributed by atoms with van der Waals surface area (Å²) in [6, 6.07) is 11.7. The lowest BCUT2D eigenvalue weighted by Crippen LogP contribution is -2.43. The summed E-state index contributed by atoms with van der Waals surface area (Å²) in [6.45, 7) is 0.403. The van der Waals surface area contributed by atoms with Crippen molar-refractivity contribution >= 4 is 15.9 Å². The Balaban J connectivity index is 1.52. The third kappa shape index (κ3) is 2.68. The third-order valence-corrected chi connectivity index (χ3v) is 4.88. The molecule has 0 saturated carbocycles. The number of aliphatic hydroxyl groups is 1. The van der Waals surface area contributed by atoms with E-state index in [4.69, 9.17) is 8.83 Å². The number of benzene rings is 1. The van der Waals surface area contributed by atoms with Crippen LogP contribution in [0.25, 0.3) is 11.7 Å². The average Bonchev–Trinajstić information content (AvgIpc) is 3.32. The van der Waals surface area contributed by atoms with E-state index in [1.54, 1.807) is 12.1 Å². The molecular weight excluding hydrogens is 374 g/mol. The van der Waals surface area contributed by atoms with E-state index >= 15 is 0 Å². The zero-order valence-corrected chi connectivity index (χ0v) is 14.4. The van der Waals surface area contributed by atoms with Crippen molar-refractivity contribution in [2.75, 3.05) is 6.61 Å². The van der Waals surface area contributed by atoms with Crippen molar-refractivity contribution in [3.63, 3.8) is 0 Å². The number of aliphatic hydroxyl groups excluding tert-OH is 1. The number of aryl methyl sites for hydroxylation is 1. The topological polar surface area (TPSA) is 84.3 Å². The van der Waals surface area contributed by atoms with Gasteiger partial charge in [0.15, 0.2) is 10.4 Å². The van der Waals surface area contributed by atoms with Crippen LogP contribution in [0.2, 0.25) is 0 Å². The first-order chi connectivity index (χ1) is 11.7. The van der Waals surface area contributed by atoms with Gasteiger partial charge < -0.3 is 13.9 Å². The standard InChI is InChI=1S/C17H16BrN3O3/c18-14-6-5-13(23-14)16-21-20-15(24-16)9-19-17(10-22)8-7-11-3-1-2-4-12(11)17/h1-6,19,22H,7-10H2. The molecule has 3 aromatic rings. The number of rotatable bonds is 5. The van der Waals surface area contributed by atoms with E-state index in [1.165, 1.54) is 5.56 Å². The summed E-state index contributed by atoms with van der Waals surface area (Å²) in [5.74, 6) is 1.31. The Kier molecular flexibility index (Phi) is 3.99. The molecule has 1 aliphatic carbocycles. The highest BCUT2D eigenvalue weighted by Crippen LogP contribution is 2.36. The van der Waals surface area contributed by atoms with E-state index in [9.17, 15) is 5.11 Å². The van der Waals surface area contributed by atoms with E-state index in [0.717, 1.165) is 18.4 Å². The van der Waals surface area contributed by atoms with Gasteiger partial charge in [0, 0.05) is 0 Å². The van der Waals surface area contributed by atoms with Crippen molar-refractivity contribution in [2.45, 2.75) is 24.9 Å². The van der Waals surface area contributed by atoms with Gasteiger partial charge in [0.2, 0.25) is 5.89 Å². The SMILES string of the molecule is OCC1(NCc2nnc(-c3ccc(Br)o3)o2)CCc2ccccc21. The molecule has 24 heavy (non-hydrogen) atoms. The number of hydrogen-bond acceptors (Lipinski definition) is 6. The Bertz CT molecular complexity index is 860. The van der Waals surface area contributed by atoms with Crippen LogP contribution in [0.5, 0.6) is 0 Å². The smallest absolute Gasteiger partial charge is 0.283 e. The molecule has 0 amide bonds. The van der Waals surface area contributed by atoms with Crippen LogP contribution in [0.15, 0.2) is 49.9 Å². The summed E-state index contributed by atoms with van der Waals surface area (Å²) in [7, 11) is 0. The number of nitrogens with zero attached hydrogens (tertiary/aromatic N) is 2. The van der Waals surface area contributed by atoms with E-state index in [-0.39, 0.29) is 6.61 Å². The predicted molar refractivity (Wildman–Crippen MR) is 90.1 cm³/mol. The van der Waals surface area contributed by atoms with Gasteiger partial charge in [-0.2, -0.15) is 0 Å². The van der Waals surface area contributed by atoms with Crippen molar-refractivity contribution in [1.29, 1.82) is 0 Å². The normalized spacial score (nSPS) is 19.6. The Morgan fingerprint density at radius 1 is 1.17 bits per heavy atom. The zero-order chi connectivity index (χ0) is 16.6. The summed E-state index contributed by atoms with van der Waals surface area (Å²) < 4.78 is 11.7. The minimum absolute atomic E-state index is 0.0239. The van der Waals surface area contributed by atoms with Gasteiger partial charge in [-0.1, -0.05) is 24.3 Å². The van der Waals surface area contributed by atoms with Gasteiger partial charge in [0.05, 0.1) is 18.7 Å². The molecule has 0 saturated heterocycles. The largest absolute Gasteiger partial charge is 0.444 e. The molecule has 2 heterocycles. The second-order valence-electron chi connectivity index (χ2n) is 5.86. The fourth-order valence-electron chi connectivity index (χ4n) is 3.19. The summed E-state index contributed by atoms with van der Waals surface area (Å²) in [5, 5.41) is 21.4. The summed E-state index contributed by atoms with van der Waals surface area (Å²) >= 11 is 3.25. The highest BCUT2D eigenvalue weighted by molar-refractivity contribution is 9.10. The second-order valence-corrected chi connectivity index (χ2v) is 6.64. The van der Waals surface area contributed by atoms with Gasteiger partial charge in [-0.05, 0) is 52.0 Å². The van der Waals surface area contributed by atoms with E-state index in [0.29, 0.717) is 28.8 Å². The molecule has 0 spiro atoms. The number of aromatic nitrogens is 2. The van der Waals surface area contributed by atoms with Crippen molar-refractivity contribution < 1.29 is 13.9 Å². The van der Waals surface area contributed by atoms with Gasteiger partial charge in [0.25, 0.3) is 5.89 Å². The molecule has 0 bridgehead atoms. The molecule has 4 rings (SSSR count). The molecule has 0 fully saturated rings. The molecule has 2 N–H and O–H groups in total. The molecule has 1 aliphatic rings. The zero-order valence-electron chi connectivity index (χ0n) is 12.8. The van der Waals surface area contributed by atoms with Crippen LogP contribution < -0.4 is 5.32 Å². The highest BCUT2D eigenvalue weighted by Gasteiger charge is 2.37. The van der Waals surface area contributed by atoms with Gasteiger partial charge in [-0.25, -0.2) is 0 Å². The quantitative estimate of drug-likeness (QED) is 0.697. The van der Waals surface area contributed by atoms with E-state index < -0.39 is 5.54 Å². The van der Waals surface area contributed by atoms with Crippen LogP contribution in [-0.4, -0.2) is 21.9 Å².